The second-order valence-corrected chi connectivity index (χ2v) is 6.98. The number of hydrogen-bond acceptors (Lipinski definition) is 5. The van der Waals surface area contributed by atoms with Crippen LogP contribution in [-0.4, -0.2) is 46.2 Å². The Balaban J connectivity index is 1.83. The summed E-state index contributed by atoms with van der Waals surface area (Å²) in [7, 11) is 1.63. The Kier molecular flexibility index (Phi) is 7.16. The highest BCUT2D eigenvalue weighted by molar-refractivity contribution is 7.99. The van der Waals surface area contributed by atoms with Gasteiger partial charge in [0.15, 0.2) is 5.16 Å². The molecule has 1 aromatic rings. The summed E-state index contributed by atoms with van der Waals surface area (Å²) in [6, 6.07) is 0.278. The molecule has 0 aliphatic heterocycles. The Hall–Kier alpha value is -1.28. The number of amides is 1. The van der Waals surface area contributed by atoms with Crippen molar-refractivity contribution in [3.8, 4) is 0 Å². The third kappa shape index (κ3) is 5.39. The van der Waals surface area contributed by atoms with Gasteiger partial charge >= 0.3 is 5.69 Å². The van der Waals surface area contributed by atoms with Crippen LogP contribution in [0, 0.1) is 5.92 Å². The summed E-state index contributed by atoms with van der Waals surface area (Å²) in [6.45, 7) is 3.31. The number of nitrogens with one attached hydrogen (secondary N) is 2. The van der Waals surface area contributed by atoms with Gasteiger partial charge in [0.2, 0.25) is 5.91 Å². The molecular weight excluding hydrogens is 316 g/mol. The zero-order valence-corrected chi connectivity index (χ0v) is 14.7. The molecule has 1 amide bonds. The van der Waals surface area contributed by atoms with Crippen molar-refractivity contribution in [2.45, 2.75) is 56.8 Å². The number of ether oxygens (including phenoxy) is 1. The van der Waals surface area contributed by atoms with Crippen LogP contribution >= 0.6 is 11.8 Å². The molecule has 1 aromatic heterocycles. The van der Waals surface area contributed by atoms with Gasteiger partial charge in [0.1, 0.15) is 0 Å². The van der Waals surface area contributed by atoms with E-state index < -0.39 is 0 Å². The lowest BCUT2D eigenvalue weighted by Crippen LogP contribution is -2.41. The van der Waals surface area contributed by atoms with Gasteiger partial charge in [-0.1, -0.05) is 31.5 Å². The molecule has 130 valence electrons. The number of nitrogens with zero attached hydrogens (tertiary/aromatic N) is 2. The van der Waals surface area contributed by atoms with E-state index in [4.69, 9.17) is 4.74 Å². The van der Waals surface area contributed by atoms with E-state index in [-0.39, 0.29) is 23.4 Å². The average molecular weight is 342 g/mol. The van der Waals surface area contributed by atoms with Crippen LogP contribution in [0.3, 0.4) is 0 Å². The summed E-state index contributed by atoms with van der Waals surface area (Å²) in [5, 5.41) is 10.1. The molecule has 1 heterocycles. The molecule has 2 atom stereocenters. The van der Waals surface area contributed by atoms with Gasteiger partial charge in [-0.05, 0) is 25.2 Å². The van der Waals surface area contributed by atoms with Crippen molar-refractivity contribution in [3.05, 3.63) is 10.5 Å². The van der Waals surface area contributed by atoms with E-state index in [1.807, 2.05) is 0 Å². The van der Waals surface area contributed by atoms with Crippen LogP contribution in [0.5, 0.6) is 0 Å². The van der Waals surface area contributed by atoms with E-state index in [1.54, 1.807) is 11.7 Å². The summed E-state index contributed by atoms with van der Waals surface area (Å²) in [6.07, 6.45) is 5.40. The van der Waals surface area contributed by atoms with Crippen molar-refractivity contribution in [1.29, 1.82) is 0 Å². The summed E-state index contributed by atoms with van der Waals surface area (Å²) in [4.78, 5) is 23.9. The van der Waals surface area contributed by atoms with Gasteiger partial charge in [-0.15, -0.1) is 5.10 Å². The fraction of sp³-hybridized carbons (Fsp3) is 0.800. The van der Waals surface area contributed by atoms with Crippen LogP contribution in [0.2, 0.25) is 0 Å². The van der Waals surface area contributed by atoms with Crippen LogP contribution in [-0.2, 0) is 16.1 Å². The molecule has 0 aromatic carbocycles. The quantitative estimate of drug-likeness (QED) is 0.550. The zero-order valence-electron chi connectivity index (χ0n) is 13.8. The first-order chi connectivity index (χ1) is 11.1. The second-order valence-electron chi connectivity index (χ2n) is 6.03. The van der Waals surface area contributed by atoms with E-state index in [2.05, 4.69) is 22.4 Å². The van der Waals surface area contributed by atoms with Crippen molar-refractivity contribution in [2.75, 3.05) is 19.5 Å². The van der Waals surface area contributed by atoms with Gasteiger partial charge in [0.05, 0.1) is 5.75 Å². The van der Waals surface area contributed by atoms with Gasteiger partial charge in [0.25, 0.3) is 0 Å². The predicted octanol–water partition coefficient (Wildman–Crippen LogP) is 1.39. The lowest BCUT2D eigenvalue weighted by molar-refractivity contribution is -0.119. The first-order valence-electron chi connectivity index (χ1n) is 8.18. The molecule has 1 saturated carbocycles. The van der Waals surface area contributed by atoms with Crippen LogP contribution in [0.15, 0.2) is 9.95 Å². The molecule has 1 aliphatic rings. The number of methoxy groups -OCH3 is 1. The van der Waals surface area contributed by atoms with Crippen LogP contribution in [0.4, 0.5) is 0 Å². The van der Waals surface area contributed by atoms with Crippen molar-refractivity contribution < 1.29 is 9.53 Å². The summed E-state index contributed by atoms with van der Waals surface area (Å²) < 4.78 is 6.55. The van der Waals surface area contributed by atoms with Gasteiger partial charge < -0.3 is 10.1 Å². The molecule has 0 radical (unpaired) electrons. The van der Waals surface area contributed by atoms with Crippen molar-refractivity contribution in [3.63, 3.8) is 0 Å². The van der Waals surface area contributed by atoms with Crippen LogP contribution < -0.4 is 11.0 Å². The normalized spacial score (nSPS) is 21.3. The van der Waals surface area contributed by atoms with Gasteiger partial charge in [-0.25, -0.2) is 9.89 Å². The van der Waals surface area contributed by atoms with E-state index in [0.29, 0.717) is 24.2 Å². The Bertz CT molecular complexity index is 557. The molecule has 1 fully saturated rings. The minimum absolute atomic E-state index is 0.00707. The first-order valence-corrected chi connectivity index (χ1v) is 9.16. The molecule has 0 unspecified atom stereocenters. The number of H-pyrrole nitrogens is 1. The van der Waals surface area contributed by atoms with Crippen LogP contribution in [0.25, 0.3) is 0 Å². The van der Waals surface area contributed by atoms with Gasteiger partial charge in [-0.3, -0.25) is 9.36 Å². The first kappa shape index (κ1) is 18.1. The fourth-order valence-electron chi connectivity index (χ4n) is 2.89. The molecular formula is C15H26N4O3S. The molecule has 2 rings (SSSR count). The third-order valence-electron chi connectivity index (χ3n) is 4.24. The number of carbonyl (C=O) groups is 1. The number of thioether (sulfide) groups is 1. The minimum Gasteiger partial charge on any atom is -0.385 e. The van der Waals surface area contributed by atoms with Gasteiger partial charge in [-0.2, -0.15) is 0 Å². The minimum atomic E-state index is -0.245. The summed E-state index contributed by atoms with van der Waals surface area (Å²) >= 11 is 1.29. The third-order valence-corrected chi connectivity index (χ3v) is 5.22. The maximum Gasteiger partial charge on any atom is 0.343 e. The summed E-state index contributed by atoms with van der Waals surface area (Å²) in [5.41, 5.74) is -0.245. The highest BCUT2D eigenvalue weighted by atomic mass is 32.2. The number of hydrogen-bond donors (Lipinski definition) is 2. The maximum absolute atomic E-state index is 12.1. The van der Waals surface area contributed by atoms with Crippen molar-refractivity contribution >= 4 is 17.7 Å². The van der Waals surface area contributed by atoms with Crippen molar-refractivity contribution in [1.82, 2.24) is 20.1 Å². The second kappa shape index (κ2) is 9.12. The molecule has 7 nitrogen and oxygen atoms in total. The SMILES string of the molecule is COCCCn1c(SCC(=O)N[C@H]2CCCC[C@H]2C)n[nH]c1=O. The van der Waals surface area contributed by atoms with E-state index in [1.165, 1.54) is 31.0 Å². The molecule has 0 spiro atoms. The molecule has 1 aliphatic carbocycles. The smallest absolute Gasteiger partial charge is 0.343 e. The molecule has 8 heteroatoms. The largest absolute Gasteiger partial charge is 0.385 e. The molecule has 0 bridgehead atoms. The lowest BCUT2D eigenvalue weighted by Gasteiger charge is -2.29. The number of aromatic nitrogens is 3. The lowest BCUT2D eigenvalue weighted by atomic mass is 9.86. The monoisotopic (exact) mass is 342 g/mol. The van der Waals surface area contributed by atoms with Crippen LogP contribution in [0.1, 0.15) is 39.0 Å². The van der Waals surface area contributed by atoms with E-state index >= 15 is 0 Å². The highest BCUT2D eigenvalue weighted by Crippen LogP contribution is 2.24. The average Bonchev–Trinajstić information content (AvgIpc) is 2.88. The topological polar surface area (TPSA) is 89.0 Å². The highest BCUT2D eigenvalue weighted by Gasteiger charge is 2.23. The van der Waals surface area contributed by atoms with Crippen molar-refractivity contribution in [2.24, 2.45) is 5.92 Å². The Morgan fingerprint density at radius 3 is 3.00 bits per heavy atom. The molecule has 0 saturated heterocycles. The standard InChI is InChI=1S/C15H26N4O3S/c1-11-6-3-4-7-12(11)16-13(20)10-23-15-18-17-14(21)19(15)8-5-9-22-2/h11-12H,3-10H2,1-2H3,(H,16,20)(H,17,21)/t11-,12+/m1/s1. The predicted molar refractivity (Wildman–Crippen MR) is 89.6 cm³/mol. The van der Waals surface area contributed by atoms with E-state index in [0.717, 1.165) is 12.8 Å². The Morgan fingerprint density at radius 2 is 2.26 bits per heavy atom. The van der Waals surface area contributed by atoms with Gasteiger partial charge in [0, 0.05) is 26.3 Å². The van der Waals surface area contributed by atoms with E-state index in [9.17, 15) is 9.59 Å². The Morgan fingerprint density at radius 1 is 1.48 bits per heavy atom. The molecule has 23 heavy (non-hydrogen) atoms. The number of rotatable bonds is 8. The Labute approximate surface area is 140 Å². The summed E-state index contributed by atoms with van der Waals surface area (Å²) in [5.74, 6) is 0.820. The number of carbonyl (C=O) groups excluding carboxylic acids is 1. The fourth-order valence-corrected chi connectivity index (χ4v) is 3.67. The maximum atomic E-state index is 12.1. The zero-order chi connectivity index (χ0) is 16.7. The molecule has 2 N–H and O–H groups in total. The number of aromatic amines is 1.